The molecule has 2 nitrogen and oxygen atoms in total. The van der Waals surface area contributed by atoms with E-state index in [1.54, 1.807) is 0 Å². The number of carbonyl (C=O) groups excluding carboxylic acids is 1. The van der Waals surface area contributed by atoms with Gasteiger partial charge in [0.25, 0.3) is 0 Å². The van der Waals surface area contributed by atoms with Gasteiger partial charge in [-0.15, -0.1) is 0 Å². The summed E-state index contributed by atoms with van der Waals surface area (Å²) in [5.74, 6) is 0.507. The molecule has 2 heterocycles. The lowest BCUT2D eigenvalue weighted by Gasteiger charge is -2.35. The summed E-state index contributed by atoms with van der Waals surface area (Å²) in [6.07, 6.45) is 5.55. The fourth-order valence-corrected chi connectivity index (χ4v) is 3.46. The van der Waals surface area contributed by atoms with Gasteiger partial charge in [-0.25, -0.2) is 0 Å². The summed E-state index contributed by atoms with van der Waals surface area (Å²) >= 11 is 0. The van der Waals surface area contributed by atoms with Crippen LogP contribution in [0.2, 0.25) is 0 Å². The fourth-order valence-electron chi connectivity index (χ4n) is 3.46. The second-order valence-electron chi connectivity index (χ2n) is 5.99. The minimum atomic E-state index is 0.507. The van der Waals surface area contributed by atoms with Crippen LogP contribution in [-0.2, 0) is 4.79 Å². The molecule has 0 spiro atoms. The Morgan fingerprint density at radius 2 is 1.71 bits per heavy atom. The minimum Gasteiger partial charge on any atom is -0.300 e. The number of hydrogen-bond donors (Lipinski definition) is 0. The van der Waals surface area contributed by atoms with Crippen molar-refractivity contribution in [2.45, 2.75) is 64.1 Å². The largest absolute Gasteiger partial charge is 0.300 e. The van der Waals surface area contributed by atoms with E-state index >= 15 is 0 Å². The van der Waals surface area contributed by atoms with Crippen molar-refractivity contribution in [2.75, 3.05) is 0 Å². The quantitative estimate of drug-likeness (QED) is 0.634. The number of Topliss-reactive ketones (excluding diaryl/α,β-unsaturated/α-hetero) is 1. The van der Waals surface area contributed by atoms with Crippen molar-refractivity contribution in [2.24, 2.45) is 5.41 Å². The molecular formula is C12H19NO. The van der Waals surface area contributed by atoms with Gasteiger partial charge >= 0.3 is 0 Å². The molecular weight excluding hydrogens is 174 g/mol. The van der Waals surface area contributed by atoms with Crippen LogP contribution in [0.1, 0.15) is 46.0 Å². The first-order valence-electron chi connectivity index (χ1n) is 5.87. The molecule has 1 aliphatic carbocycles. The molecule has 0 amide bonds. The van der Waals surface area contributed by atoms with Gasteiger partial charge in [0.2, 0.25) is 0 Å². The topological polar surface area (TPSA) is 20.3 Å². The number of ketones is 1. The predicted octanol–water partition coefficient (Wildman–Crippen LogP) is 1.98. The maximum atomic E-state index is 11.4. The normalized spacial score (nSPS) is 45.6. The number of rotatable bonds is 1. The van der Waals surface area contributed by atoms with Crippen molar-refractivity contribution >= 4 is 5.78 Å². The molecule has 14 heavy (non-hydrogen) atoms. The van der Waals surface area contributed by atoms with Gasteiger partial charge in [-0.05, 0) is 24.7 Å². The highest BCUT2D eigenvalue weighted by atomic mass is 16.1. The van der Waals surface area contributed by atoms with E-state index in [1.165, 1.54) is 19.3 Å². The van der Waals surface area contributed by atoms with Crippen LogP contribution < -0.4 is 0 Å². The highest BCUT2D eigenvalue weighted by Crippen LogP contribution is 2.53. The van der Waals surface area contributed by atoms with Crippen LogP contribution in [0.15, 0.2) is 0 Å². The fraction of sp³-hybridized carbons (Fsp3) is 0.917. The van der Waals surface area contributed by atoms with Crippen LogP contribution in [0.5, 0.6) is 0 Å². The molecule has 78 valence electrons. The zero-order valence-corrected chi connectivity index (χ0v) is 9.12. The second kappa shape index (κ2) is 2.60. The molecule has 3 unspecified atom stereocenters. The number of piperidine rings is 1. The lowest BCUT2D eigenvalue weighted by atomic mass is 10.00. The Kier molecular flexibility index (Phi) is 1.65. The van der Waals surface area contributed by atoms with Gasteiger partial charge in [0.15, 0.2) is 0 Å². The van der Waals surface area contributed by atoms with E-state index < -0.39 is 0 Å². The maximum absolute atomic E-state index is 11.4. The Morgan fingerprint density at radius 1 is 1.21 bits per heavy atom. The summed E-state index contributed by atoms with van der Waals surface area (Å²) in [6.45, 7) is 4.71. The van der Waals surface area contributed by atoms with Crippen LogP contribution in [0, 0.1) is 5.41 Å². The van der Waals surface area contributed by atoms with Gasteiger partial charge < -0.3 is 0 Å². The molecule has 2 saturated heterocycles. The third kappa shape index (κ3) is 1.16. The van der Waals surface area contributed by atoms with E-state index in [0.29, 0.717) is 23.3 Å². The van der Waals surface area contributed by atoms with E-state index in [1.807, 2.05) is 0 Å². The lowest BCUT2D eigenvalue weighted by Crippen LogP contribution is -2.45. The molecule has 2 aliphatic heterocycles. The number of hydrogen-bond acceptors (Lipinski definition) is 2. The van der Waals surface area contributed by atoms with Gasteiger partial charge in [-0.2, -0.15) is 0 Å². The Labute approximate surface area is 85.7 Å². The highest BCUT2D eigenvalue weighted by molar-refractivity contribution is 5.81. The van der Waals surface area contributed by atoms with Gasteiger partial charge in [0, 0.05) is 31.0 Å². The van der Waals surface area contributed by atoms with Crippen molar-refractivity contribution in [1.29, 1.82) is 0 Å². The monoisotopic (exact) mass is 193 g/mol. The minimum absolute atomic E-state index is 0.507. The van der Waals surface area contributed by atoms with Crippen molar-refractivity contribution in [3.8, 4) is 0 Å². The molecule has 1 saturated carbocycles. The Hall–Kier alpha value is -0.370. The Morgan fingerprint density at radius 3 is 2.14 bits per heavy atom. The average Bonchev–Trinajstić information content (AvgIpc) is 2.61. The first-order valence-corrected chi connectivity index (χ1v) is 5.87. The zero-order chi connectivity index (χ0) is 9.92. The smallest absolute Gasteiger partial charge is 0.136 e. The Balaban J connectivity index is 1.79. The maximum Gasteiger partial charge on any atom is 0.136 e. The zero-order valence-electron chi connectivity index (χ0n) is 9.12. The highest BCUT2D eigenvalue weighted by Gasteiger charge is 2.56. The molecule has 2 heteroatoms. The summed E-state index contributed by atoms with van der Waals surface area (Å²) in [4.78, 5) is 14.1. The van der Waals surface area contributed by atoms with Crippen LogP contribution in [0.25, 0.3) is 0 Å². The number of nitrogens with zero attached hydrogens (tertiary/aromatic N) is 1. The van der Waals surface area contributed by atoms with E-state index in [2.05, 4.69) is 18.7 Å². The summed E-state index contributed by atoms with van der Waals surface area (Å²) in [7, 11) is 0. The van der Waals surface area contributed by atoms with Gasteiger partial charge in [-0.1, -0.05) is 13.8 Å². The lowest BCUT2D eigenvalue weighted by molar-refractivity contribution is -0.123. The van der Waals surface area contributed by atoms with E-state index in [4.69, 9.17) is 0 Å². The number of carbonyl (C=O) groups is 1. The van der Waals surface area contributed by atoms with Crippen molar-refractivity contribution in [3.63, 3.8) is 0 Å². The molecule has 3 aliphatic rings. The predicted molar refractivity (Wildman–Crippen MR) is 55.1 cm³/mol. The average molecular weight is 193 g/mol. The van der Waals surface area contributed by atoms with Gasteiger partial charge in [0.1, 0.15) is 5.78 Å². The molecule has 3 rings (SSSR count). The standard InChI is InChI=1S/C12H19NO/c1-12(2)7-11(12)13-8-3-4-9(13)6-10(14)5-8/h8-9,11H,3-7H2,1-2H3. The molecule has 0 radical (unpaired) electrons. The van der Waals surface area contributed by atoms with E-state index in [-0.39, 0.29) is 0 Å². The van der Waals surface area contributed by atoms with Crippen molar-refractivity contribution < 1.29 is 4.79 Å². The second-order valence-corrected chi connectivity index (χ2v) is 5.99. The van der Waals surface area contributed by atoms with Crippen molar-refractivity contribution in [3.05, 3.63) is 0 Å². The summed E-state index contributed by atoms with van der Waals surface area (Å²) < 4.78 is 0. The third-order valence-corrected chi connectivity index (χ3v) is 4.42. The summed E-state index contributed by atoms with van der Waals surface area (Å²) in [5, 5.41) is 0. The number of fused-ring (bicyclic) bond motifs is 2. The van der Waals surface area contributed by atoms with E-state index in [9.17, 15) is 4.79 Å². The Bertz CT molecular complexity index is 268. The van der Waals surface area contributed by atoms with Crippen LogP contribution >= 0.6 is 0 Å². The first-order chi connectivity index (χ1) is 6.58. The first kappa shape index (κ1) is 8.90. The van der Waals surface area contributed by atoms with Gasteiger partial charge in [0.05, 0.1) is 0 Å². The molecule has 3 fully saturated rings. The molecule has 0 aromatic carbocycles. The SMILES string of the molecule is CC1(C)CC1N1C2CCC1CC(=O)C2. The third-order valence-electron chi connectivity index (χ3n) is 4.42. The molecule has 0 aromatic rings. The van der Waals surface area contributed by atoms with Gasteiger partial charge in [-0.3, -0.25) is 9.69 Å². The molecule has 2 bridgehead atoms. The van der Waals surface area contributed by atoms with Crippen LogP contribution in [0.3, 0.4) is 0 Å². The molecule has 3 atom stereocenters. The van der Waals surface area contributed by atoms with Crippen LogP contribution in [-0.4, -0.2) is 28.8 Å². The molecule has 0 aromatic heterocycles. The van der Waals surface area contributed by atoms with E-state index in [0.717, 1.165) is 18.9 Å². The van der Waals surface area contributed by atoms with Crippen molar-refractivity contribution in [1.82, 2.24) is 4.90 Å². The molecule has 0 N–H and O–H groups in total. The van der Waals surface area contributed by atoms with Crippen LogP contribution in [0.4, 0.5) is 0 Å². The summed E-state index contributed by atoms with van der Waals surface area (Å²) in [6, 6.07) is 1.99. The summed E-state index contributed by atoms with van der Waals surface area (Å²) in [5.41, 5.74) is 0.529.